The van der Waals surface area contributed by atoms with Crippen LogP contribution in [-0.4, -0.2) is 27.7 Å². The Balaban J connectivity index is 2.00. The minimum Gasteiger partial charge on any atom is -0.395 e. The summed E-state index contributed by atoms with van der Waals surface area (Å²) in [6.07, 6.45) is 6.92. The lowest BCUT2D eigenvalue weighted by molar-refractivity contribution is 0.196. The van der Waals surface area contributed by atoms with Gasteiger partial charge in [-0.1, -0.05) is 0 Å². The van der Waals surface area contributed by atoms with E-state index in [0.717, 1.165) is 25.1 Å². The fourth-order valence-corrected chi connectivity index (χ4v) is 1.85. The molecule has 1 aromatic rings. The van der Waals surface area contributed by atoms with Crippen molar-refractivity contribution in [3.8, 4) is 0 Å². The predicted octanol–water partition coefficient (Wildman–Crippen LogP) is 0.585. The molecule has 13 heavy (non-hydrogen) atoms. The van der Waals surface area contributed by atoms with E-state index in [0.29, 0.717) is 6.04 Å². The van der Waals surface area contributed by atoms with Crippen molar-refractivity contribution < 1.29 is 5.11 Å². The Labute approximate surface area is 77.4 Å². The lowest BCUT2D eigenvalue weighted by atomic mass is 9.99. The summed E-state index contributed by atoms with van der Waals surface area (Å²) in [5.74, 6) is 0.984. The molecule has 72 valence electrons. The van der Waals surface area contributed by atoms with Crippen molar-refractivity contribution in [3.05, 3.63) is 18.2 Å². The SMILES string of the molecule is OCC1CCCC(c2ncc[nH]2)N1. The van der Waals surface area contributed by atoms with E-state index >= 15 is 0 Å². The Hall–Kier alpha value is -0.870. The van der Waals surface area contributed by atoms with Gasteiger partial charge in [0.25, 0.3) is 0 Å². The number of aliphatic hydroxyl groups excluding tert-OH is 1. The number of aromatic nitrogens is 2. The summed E-state index contributed by atoms with van der Waals surface area (Å²) >= 11 is 0. The zero-order valence-electron chi connectivity index (χ0n) is 7.53. The van der Waals surface area contributed by atoms with Gasteiger partial charge in [0.15, 0.2) is 0 Å². The standard InChI is InChI=1S/C9H15N3O/c13-6-7-2-1-3-8(12-7)9-10-4-5-11-9/h4-5,7-8,12-13H,1-3,6H2,(H,10,11). The van der Waals surface area contributed by atoms with Crippen LogP contribution in [0, 0.1) is 0 Å². The average molecular weight is 181 g/mol. The van der Waals surface area contributed by atoms with Crippen LogP contribution in [0.25, 0.3) is 0 Å². The van der Waals surface area contributed by atoms with Crippen LogP contribution in [0.1, 0.15) is 31.1 Å². The molecule has 0 spiro atoms. The number of nitrogens with zero attached hydrogens (tertiary/aromatic N) is 1. The molecule has 2 atom stereocenters. The maximum absolute atomic E-state index is 9.01. The third-order valence-electron chi connectivity index (χ3n) is 2.55. The fourth-order valence-electron chi connectivity index (χ4n) is 1.85. The molecule has 0 aliphatic carbocycles. The average Bonchev–Trinajstić information content (AvgIpc) is 2.71. The van der Waals surface area contributed by atoms with Gasteiger partial charge in [0.05, 0.1) is 12.6 Å². The molecule has 4 nitrogen and oxygen atoms in total. The molecule has 1 aliphatic rings. The third kappa shape index (κ3) is 1.89. The van der Waals surface area contributed by atoms with E-state index in [1.165, 1.54) is 0 Å². The van der Waals surface area contributed by atoms with Crippen molar-refractivity contribution in [1.29, 1.82) is 0 Å². The first-order valence-electron chi connectivity index (χ1n) is 4.76. The van der Waals surface area contributed by atoms with Crippen molar-refractivity contribution in [2.24, 2.45) is 0 Å². The molecule has 1 aromatic heterocycles. The molecule has 3 N–H and O–H groups in total. The van der Waals surface area contributed by atoms with Gasteiger partial charge in [-0.2, -0.15) is 0 Å². The largest absolute Gasteiger partial charge is 0.395 e. The van der Waals surface area contributed by atoms with E-state index in [-0.39, 0.29) is 12.6 Å². The van der Waals surface area contributed by atoms with E-state index in [1.54, 1.807) is 6.20 Å². The monoisotopic (exact) mass is 181 g/mol. The lowest BCUT2D eigenvalue weighted by Gasteiger charge is -2.28. The number of aliphatic hydroxyl groups is 1. The van der Waals surface area contributed by atoms with E-state index in [1.807, 2.05) is 6.20 Å². The Morgan fingerprint density at radius 1 is 1.54 bits per heavy atom. The highest BCUT2D eigenvalue weighted by Gasteiger charge is 2.22. The first kappa shape index (κ1) is 8.72. The molecular formula is C9H15N3O. The molecule has 0 saturated carbocycles. The lowest BCUT2D eigenvalue weighted by Crippen LogP contribution is -2.39. The molecule has 2 heterocycles. The van der Waals surface area contributed by atoms with Crippen LogP contribution < -0.4 is 5.32 Å². The summed E-state index contributed by atoms with van der Waals surface area (Å²) in [4.78, 5) is 7.31. The molecule has 0 aromatic carbocycles. The molecular weight excluding hydrogens is 166 g/mol. The van der Waals surface area contributed by atoms with Crippen molar-refractivity contribution in [3.63, 3.8) is 0 Å². The highest BCUT2D eigenvalue weighted by atomic mass is 16.3. The summed E-state index contributed by atoms with van der Waals surface area (Å²) in [6.45, 7) is 0.219. The van der Waals surface area contributed by atoms with Crippen molar-refractivity contribution in [2.75, 3.05) is 6.61 Å². The molecule has 4 heteroatoms. The first-order valence-corrected chi connectivity index (χ1v) is 4.76. The van der Waals surface area contributed by atoms with Crippen molar-refractivity contribution in [1.82, 2.24) is 15.3 Å². The van der Waals surface area contributed by atoms with Gasteiger partial charge in [0.2, 0.25) is 0 Å². The number of imidazole rings is 1. The molecule has 0 radical (unpaired) electrons. The number of hydrogen-bond donors (Lipinski definition) is 3. The van der Waals surface area contributed by atoms with Gasteiger partial charge in [-0.25, -0.2) is 4.98 Å². The summed E-state index contributed by atoms with van der Waals surface area (Å²) in [5, 5.41) is 12.4. The molecule has 1 saturated heterocycles. The van der Waals surface area contributed by atoms with E-state index < -0.39 is 0 Å². The normalized spacial score (nSPS) is 29.0. The van der Waals surface area contributed by atoms with Crippen LogP contribution in [0.3, 0.4) is 0 Å². The van der Waals surface area contributed by atoms with Gasteiger partial charge in [-0.3, -0.25) is 0 Å². The Bertz CT molecular complexity index is 247. The van der Waals surface area contributed by atoms with E-state index in [9.17, 15) is 0 Å². The number of hydrogen-bond acceptors (Lipinski definition) is 3. The van der Waals surface area contributed by atoms with Crippen LogP contribution in [-0.2, 0) is 0 Å². The smallest absolute Gasteiger partial charge is 0.123 e. The molecule has 0 amide bonds. The maximum atomic E-state index is 9.01. The van der Waals surface area contributed by atoms with Crippen LogP contribution in [0.4, 0.5) is 0 Å². The number of aromatic amines is 1. The zero-order chi connectivity index (χ0) is 9.10. The first-order chi connectivity index (χ1) is 6.40. The van der Waals surface area contributed by atoms with Gasteiger partial charge in [-0.05, 0) is 19.3 Å². The highest BCUT2D eigenvalue weighted by molar-refractivity contribution is 4.98. The Morgan fingerprint density at radius 2 is 2.46 bits per heavy atom. The van der Waals surface area contributed by atoms with Gasteiger partial charge in [-0.15, -0.1) is 0 Å². The number of H-pyrrole nitrogens is 1. The minimum atomic E-state index is 0.219. The predicted molar refractivity (Wildman–Crippen MR) is 49.2 cm³/mol. The minimum absolute atomic E-state index is 0.219. The van der Waals surface area contributed by atoms with Crippen LogP contribution in [0.2, 0.25) is 0 Å². The maximum Gasteiger partial charge on any atom is 0.123 e. The third-order valence-corrected chi connectivity index (χ3v) is 2.55. The molecule has 1 fully saturated rings. The number of rotatable bonds is 2. The van der Waals surface area contributed by atoms with Gasteiger partial charge >= 0.3 is 0 Å². The molecule has 1 aliphatic heterocycles. The van der Waals surface area contributed by atoms with Gasteiger partial charge < -0.3 is 15.4 Å². The van der Waals surface area contributed by atoms with Gasteiger partial charge in [0.1, 0.15) is 5.82 Å². The van der Waals surface area contributed by atoms with Gasteiger partial charge in [0, 0.05) is 18.4 Å². The van der Waals surface area contributed by atoms with Crippen LogP contribution in [0.5, 0.6) is 0 Å². The van der Waals surface area contributed by atoms with E-state index in [4.69, 9.17) is 5.11 Å². The summed E-state index contributed by atoms with van der Waals surface area (Å²) in [6, 6.07) is 0.532. The number of piperidine rings is 1. The molecule has 2 unspecified atom stereocenters. The van der Waals surface area contributed by atoms with Crippen molar-refractivity contribution in [2.45, 2.75) is 31.3 Å². The second-order valence-electron chi connectivity index (χ2n) is 3.50. The van der Waals surface area contributed by atoms with Crippen molar-refractivity contribution >= 4 is 0 Å². The van der Waals surface area contributed by atoms with E-state index in [2.05, 4.69) is 15.3 Å². The summed E-state index contributed by atoms with van der Waals surface area (Å²) < 4.78 is 0. The number of nitrogens with one attached hydrogen (secondary N) is 2. The second-order valence-corrected chi connectivity index (χ2v) is 3.50. The zero-order valence-corrected chi connectivity index (χ0v) is 7.53. The summed E-state index contributed by atoms with van der Waals surface area (Å²) in [7, 11) is 0. The highest BCUT2D eigenvalue weighted by Crippen LogP contribution is 2.22. The molecule has 0 bridgehead atoms. The second kappa shape index (κ2) is 3.89. The molecule has 2 rings (SSSR count). The Kier molecular flexibility index (Phi) is 2.61. The summed E-state index contributed by atoms with van der Waals surface area (Å²) in [5.41, 5.74) is 0. The van der Waals surface area contributed by atoms with Crippen LogP contribution in [0.15, 0.2) is 12.4 Å². The topological polar surface area (TPSA) is 60.9 Å². The quantitative estimate of drug-likeness (QED) is 0.625. The fraction of sp³-hybridized carbons (Fsp3) is 0.667. The van der Waals surface area contributed by atoms with Crippen LogP contribution >= 0.6 is 0 Å². The Morgan fingerprint density at radius 3 is 3.15 bits per heavy atom.